The summed E-state index contributed by atoms with van der Waals surface area (Å²) >= 11 is 5.76. The van der Waals surface area contributed by atoms with Crippen LogP contribution in [-0.4, -0.2) is 22.6 Å². The lowest BCUT2D eigenvalue weighted by atomic mass is 9.96. The summed E-state index contributed by atoms with van der Waals surface area (Å²) < 4.78 is 13.5. The first-order chi connectivity index (χ1) is 9.83. The SMILES string of the molecule is CC(NC(=O)NCc1cc(Cl)ccc1F)(C(=O)O)C1CC1. The van der Waals surface area contributed by atoms with Gasteiger partial charge in [0.05, 0.1) is 0 Å². The molecule has 5 nitrogen and oxygen atoms in total. The fourth-order valence-electron chi connectivity index (χ4n) is 2.13. The quantitative estimate of drug-likeness (QED) is 0.781. The summed E-state index contributed by atoms with van der Waals surface area (Å²) in [6, 6.07) is 3.39. The van der Waals surface area contributed by atoms with Crippen LogP contribution in [0.25, 0.3) is 0 Å². The number of carboxylic acids is 1. The molecule has 1 saturated carbocycles. The van der Waals surface area contributed by atoms with Crippen LogP contribution < -0.4 is 10.6 Å². The monoisotopic (exact) mass is 314 g/mol. The number of amides is 2. The van der Waals surface area contributed by atoms with E-state index < -0.39 is 23.4 Å². The van der Waals surface area contributed by atoms with Crippen LogP contribution in [0, 0.1) is 11.7 Å². The van der Waals surface area contributed by atoms with E-state index in [-0.39, 0.29) is 18.0 Å². The molecular weight excluding hydrogens is 299 g/mol. The van der Waals surface area contributed by atoms with Crippen molar-refractivity contribution in [2.75, 3.05) is 0 Å². The molecule has 1 atom stereocenters. The van der Waals surface area contributed by atoms with E-state index in [1.807, 2.05) is 0 Å². The minimum atomic E-state index is -1.29. The molecule has 0 radical (unpaired) electrons. The molecule has 0 bridgehead atoms. The molecule has 1 fully saturated rings. The first kappa shape index (κ1) is 15.6. The van der Waals surface area contributed by atoms with Crippen molar-refractivity contribution in [3.63, 3.8) is 0 Å². The lowest BCUT2D eigenvalue weighted by Crippen LogP contribution is -2.56. The molecule has 1 aliphatic rings. The van der Waals surface area contributed by atoms with Gasteiger partial charge in [-0.3, -0.25) is 0 Å². The average Bonchev–Trinajstić information content (AvgIpc) is 3.24. The van der Waals surface area contributed by atoms with E-state index in [1.54, 1.807) is 0 Å². The lowest BCUT2D eigenvalue weighted by molar-refractivity contribution is -0.144. The Morgan fingerprint density at radius 2 is 2.14 bits per heavy atom. The van der Waals surface area contributed by atoms with Gasteiger partial charge >= 0.3 is 12.0 Å². The molecule has 7 heteroatoms. The van der Waals surface area contributed by atoms with Crippen molar-refractivity contribution in [1.82, 2.24) is 10.6 Å². The first-order valence-corrected chi connectivity index (χ1v) is 6.94. The molecular formula is C14H16ClFN2O3. The minimum Gasteiger partial charge on any atom is -0.480 e. The molecule has 2 rings (SSSR count). The summed E-state index contributed by atoms with van der Waals surface area (Å²) in [4.78, 5) is 23.1. The third-order valence-electron chi connectivity index (χ3n) is 3.66. The van der Waals surface area contributed by atoms with Gasteiger partial charge in [0, 0.05) is 17.1 Å². The lowest BCUT2D eigenvalue weighted by Gasteiger charge is -2.26. The highest BCUT2D eigenvalue weighted by atomic mass is 35.5. The second-order valence-electron chi connectivity index (χ2n) is 5.33. The average molecular weight is 315 g/mol. The van der Waals surface area contributed by atoms with E-state index in [4.69, 9.17) is 11.6 Å². The summed E-state index contributed by atoms with van der Waals surface area (Å²) in [5.41, 5.74) is -1.06. The maximum atomic E-state index is 13.5. The van der Waals surface area contributed by atoms with Crippen molar-refractivity contribution in [2.24, 2.45) is 5.92 Å². The highest BCUT2D eigenvalue weighted by Crippen LogP contribution is 2.39. The van der Waals surface area contributed by atoms with Gasteiger partial charge in [-0.15, -0.1) is 0 Å². The van der Waals surface area contributed by atoms with E-state index in [0.717, 1.165) is 12.8 Å². The zero-order valence-corrected chi connectivity index (χ0v) is 12.2. The Morgan fingerprint density at radius 1 is 1.48 bits per heavy atom. The van der Waals surface area contributed by atoms with Crippen LogP contribution in [0.5, 0.6) is 0 Å². The number of nitrogens with one attached hydrogen (secondary N) is 2. The van der Waals surface area contributed by atoms with E-state index in [2.05, 4.69) is 10.6 Å². The summed E-state index contributed by atoms with van der Waals surface area (Å²) in [5.74, 6) is -1.62. The van der Waals surface area contributed by atoms with E-state index >= 15 is 0 Å². The summed E-state index contributed by atoms with van der Waals surface area (Å²) in [7, 11) is 0. The van der Waals surface area contributed by atoms with Gasteiger partial charge in [0.1, 0.15) is 11.4 Å². The molecule has 1 aromatic rings. The van der Waals surface area contributed by atoms with E-state index in [1.165, 1.54) is 25.1 Å². The number of benzene rings is 1. The van der Waals surface area contributed by atoms with Crippen molar-refractivity contribution in [3.8, 4) is 0 Å². The fourth-order valence-corrected chi connectivity index (χ4v) is 2.32. The number of carbonyl (C=O) groups is 2. The number of aliphatic carboxylic acids is 1. The molecule has 21 heavy (non-hydrogen) atoms. The minimum absolute atomic E-state index is 0.0661. The Hall–Kier alpha value is -1.82. The molecule has 0 aliphatic heterocycles. The molecule has 0 heterocycles. The van der Waals surface area contributed by atoms with Crippen LogP contribution in [-0.2, 0) is 11.3 Å². The van der Waals surface area contributed by atoms with Crippen molar-refractivity contribution >= 4 is 23.6 Å². The normalized spacial score (nSPS) is 16.9. The van der Waals surface area contributed by atoms with Crippen LogP contribution in [0.3, 0.4) is 0 Å². The summed E-state index contributed by atoms with van der Waals surface area (Å²) in [5, 5.41) is 14.5. The van der Waals surface area contributed by atoms with Crippen molar-refractivity contribution in [2.45, 2.75) is 31.8 Å². The van der Waals surface area contributed by atoms with Gasteiger partial charge in [-0.05, 0) is 43.9 Å². The highest BCUT2D eigenvalue weighted by molar-refractivity contribution is 6.30. The van der Waals surface area contributed by atoms with Crippen molar-refractivity contribution in [1.29, 1.82) is 0 Å². The Kier molecular flexibility index (Phi) is 4.37. The van der Waals surface area contributed by atoms with Crippen LogP contribution in [0.15, 0.2) is 18.2 Å². The molecule has 0 saturated heterocycles. The zero-order chi connectivity index (χ0) is 15.6. The molecule has 1 aliphatic carbocycles. The maximum absolute atomic E-state index is 13.5. The van der Waals surface area contributed by atoms with Crippen molar-refractivity contribution < 1.29 is 19.1 Å². The van der Waals surface area contributed by atoms with Crippen LogP contribution >= 0.6 is 11.6 Å². The van der Waals surface area contributed by atoms with Gasteiger partial charge in [0.2, 0.25) is 0 Å². The fraction of sp³-hybridized carbons (Fsp3) is 0.429. The Bertz CT molecular complexity index is 577. The number of rotatable bonds is 5. The van der Waals surface area contributed by atoms with Gasteiger partial charge in [-0.1, -0.05) is 11.6 Å². The summed E-state index contributed by atoms with van der Waals surface area (Å²) in [6.07, 6.45) is 1.54. The molecule has 1 aromatic carbocycles. The standard InChI is InChI=1S/C14H16ClFN2O3/c1-14(12(19)20,9-2-3-9)18-13(21)17-7-8-6-10(15)4-5-11(8)16/h4-6,9H,2-3,7H2,1H3,(H,19,20)(H2,17,18,21). The molecule has 114 valence electrons. The molecule has 0 aromatic heterocycles. The third kappa shape index (κ3) is 3.64. The molecule has 1 unspecified atom stereocenters. The molecule has 2 amide bonds. The van der Waals surface area contributed by atoms with Crippen LogP contribution in [0.1, 0.15) is 25.3 Å². The number of carboxylic acid groups (broad SMARTS) is 1. The molecule has 0 spiro atoms. The van der Waals surface area contributed by atoms with Crippen LogP contribution in [0.4, 0.5) is 9.18 Å². The third-order valence-corrected chi connectivity index (χ3v) is 3.89. The zero-order valence-electron chi connectivity index (χ0n) is 11.5. The first-order valence-electron chi connectivity index (χ1n) is 6.56. The number of hydrogen-bond acceptors (Lipinski definition) is 2. The second-order valence-corrected chi connectivity index (χ2v) is 5.76. The summed E-state index contributed by atoms with van der Waals surface area (Å²) in [6.45, 7) is 1.41. The predicted octanol–water partition coefficient (Wildman–Crippen LogP) is 2.53. The van der Waals surface area contributed by atoms with E-state index in [9.17, 15) is 19.1 Å². The topological polar surface area (TPSA) is 78.4 Å². The van der Waals surface area contributed by atoms with Gasteiger partial charge in [0.15, 0.2) is 0 Å². The Morgan fingerprint density at radius 3 is 2.71 bits per heavy atom. The number of urea groups is 1. The van der Waals surface area contributed by atoms with Crippen LogP contribution in [0.2, 0.25) is 5.02 Å². The Labute approximate surface area is 126 Å². The largest absolute Gasteiger partial charge is 0.480 e. The van der Waals surface area contributed by atoms with Gasteiger partial charge in [-0.2, -0.15) is 0 Å². The predicted molar refractivity (Wildman–Crippen MR) is 75.5 cm³/mol. The maximum Gasteiger partial charge on any atom is 0.329 e. The van der Waals surface area contributed by atoms with E-state index in [0.29, 0.717) is 5.02 Å². The van der Waals surface area contributed by atoms with Gasteiger partial charge in [0.25, 0.3) is 0 Å². The van der Waals surface area contributed by atoms with Gasteiger partial charge in [-0.25, -0.2) is 14.0 Å². The number of carbonyl (C=O) groups excluding carboxylic acids is 1. The Balaban J connectivity index is 1.95. The van der Waals surface area contributed by atoms with Gasteiger partial charge < -0.3 is 15.7 Å². The highest BCUT2D eigenvalue weighted by Gasteiger charge is 2.48. The number of halogens is 2. The smallest absolute Gasteiger partial charge is 0.329 e. The second kappa shape index (κ2) is 5.89. The molecule has 3 N–H and O–H groups in total. The van der Waals surface area contributed by atoms with Crippen molar-refractivity contribution in [3.05, 3.63) is 34.6 Å². The number of hydrogen-bond donors (Lipinski definition) is 3.